The fraction of sp³-hybridized carbons (Fsp3) is 0.222. The minimum absolute atomic E-state index is 0.0743. The van der Waals surface area contributed by atoms with Crippen LogP contribution in [0, 0.1) is 0 Å². The standard InChI is InChI=1S/C9H12N2O2S/c10-8-6(9(11)13)2-1-3-7(8)14-5-4-12/h1-3,12H,4-5,10H2,(H2,11,13). The number of hydrogen-bond acceptors (Lipinski definition) is 4. The van der Waals surface area contributed by atoms with Gasteiger partial charge in [-0.1, -0.05) is 6.07 Å². The average molecular weight is 212 g/mol. The van der Waals surface area contributed by atoms with Crippen molar-refractivity contribution in [2.24, 2.45) is 5.73 Å². The lowest BCUT2D eigenvalue weighted by Gasteiger charge is -2.07. The van der Waals surface area contributed by atoms with Crippen LogP contribution in [0.4, 0.5) is 5.69 Å². The lowest BCUT2D eigenvalue weighted by Crippen LogP contribution is -2.13. The van der Waals surface area contributed by atoms with E-state index in [-0.39, 0.29) is 6.61 Å². The largest absolute Gasteiger partial charge is 0.397 e. The van der Waals surface area contributed by atoms with E-state index in [0.29, 0.717) is 17.0 Å². The van der Waals surface area contributed by atoms with Gasteiger partial charge in [-0.15, -0.1) is 11.8 Å². The van der Waals surface area contributed by atoms with E-state index in [2.05, 4.69) is 0 Å². The molecule has 1 amide bonds. The van der Waals surface area contributed by atoms with Gasteiger partial charge in [-0.2, -0.15) is 0 Å². The zero-order valence-electron chi connectivity index (χ0n) is 7.56. The number of aliphatic hydroxyl groups is 1. The van der Waals surface area contributed by atoms with Gasteiger partial charge in [0.15, 0.2) is 0 Å². The number of nitrogen functional groups attached to an aromatic ring is 1. The minimum atomic E-state index is -0.533. The van der Waals surface area contributed by atoms with Gasteiger partial charge >= 0.3 is 0 Å². The molecule has 1 rings (SSSR count). The highest BCUT2D eigenvalue weighted by Gasteiger charge is 2.08. The van der Waals surface area contributed by atoms with Crippen molar-refractivity contribution >= 4 is 23.4 Å². The van der Waals surface area contributed by atoms with Crippen molar-refractivity contribution in [1.29, 1.82) is 0 Å². The maximum Gasteiger partial charge on any atom is 0.250 e. The van der Waals surface area contributed by atoms with Gasteiger partial charge in [0.25, 0.3) is 5.91 Å². The summed E-state index contributed by atoms with van der Waals surface area (Å²) >= 11 is 1.40. The summed E-state index contributed by atoms with van der Waals surface area (Å²) in [6.45, 7) is 0.0743. The first-order chi connectivity index (χ1) is 6.66. The first-order valence-corrected chi connectivity index (χ1v) is 5.07. The van der Waals surface area contributed by atoms with Crippen LogP contribution < -0.4 is 11.5 Å². The van der Waals surface area contributed by atoms with Gasteiger partial charge in [-0.05, 0) is 12.1 Å². The maximum absolute atomic E-state index is 10.9. The molecule has 14 heavy (non-hydrogen) atoms. The Morgan fingerprint density at radius 2 is 2.21 bits per heavy atom. The monoisotopic (exact) mass is 212 g/mol. The summed E-state index contributed by atoms with van der Waals surface area (Å²) in [5, 5.41) is 8.64. The molecule has 0 unspecified atom stereocenters. The number of amides is 1. The third-order valence-electron chi connectivity index (χ3n) is 1.68. The highest BCUT2D eigenvalue weighted by atomic mass is 32.2. The van der Waals surface area contributed by atoms with Crippen molar-refractivity contribution in [2.75, 3.05) is 18.1 Å². The predicted molar refractivity (Wildman–Crippen MR) is 57.2 cm³/mol. The number of benzene rings is 1. The third kappa shape index (κ3) is 2.40. The molecular formula is C9H12N2O2S. The zero-order valence-corrected chi connectivity index (χ0v) is 8.38. The quantitative estimate of drug-likeness (QED) is 0.499. The first kappa shape index (κ1) is 10.9. The van der Waals surface area contributed by atoms with Crippen LogP contribution in [0.5, 0.6) is 0 Å². The Hall–Kier alpha value is -1.20. The van der Waals surface area contributed by atoms with Gasteiger partial charge in [0.2, 0.25) is 0 Å². The van der Waals surface area contributed by atoms with Gasteiger partial charge in [0.1, 0.15) is 0 Å². The van der Waals surface area contributed by atoms with Crippen molar-refractivity contribution in [2.45, 2.75) is 4.90 Å². The van der Waals surface area contributed by atoms with Gasteiger partial charge in [0.05, 0.1) is 17.9 Å². The maximum atomic E-state index is 10.9. The van der Waals surface area contributed by atoms with Crippen molar-refractivity contribution in [3.63, 3.8) is 0 Å². The highest BCUT2D eigenvalue weighted by Crippen LogP contribution is 2.27. The van der Waals surface area contributed by atoms with Crippen molar-refractivity contribution < 1.29 is 9.90 Å². The van der Waals surface area contributed by atoms with Crippen molar-refractivity contribution in [3.05, 3.63) is 23.8 Å². The number of carbonyl (C=O) groups is 1. The van der Waals surface area contributed by atoms with Crippen LogP contribution in [0.2, 0.25) is 0 Å². The van der Waals surface area contributed by atoms with Gasteiger partial charge in [-0.3, -0.25) is 4.79 Å². The van der Waals surface area contributed by atoms with E-state index in [1.165, 1.54) is 11.8 Å². The second-order valence-corrected chi connectivity index (χ2v) is 3.79. The molecule has 76 valence electrons. The molecule has 5 N–H and O–H groups in total. The number of aliphatic hydroxyl groups excluding tert-OH is 1. The Morgan fingerprint density at radius 3 is 2.79 bits per heavy atom. The summed E-state index contributed by atoms with van der Waals surface area (Å²) in [5.74, 6) is 0.0146. The van der Waals surface area contributed by atoms with E-state index in [1.54, 1.807) is 18.2 Å². The summed E-state index contributed by atoms with van der Waals surface area (Å²) in [4.78, 5) is 11.7. The number of para-hydroxylation sites is 1. The van der Waals surface area contributed by atoms with Crippen molar-refractivity contribution in [3.8, 4) is 0 Å². The van der Waals surface area contributed by atoms with Gasteiger partial charge < -0.3 is 16.6 Å². The van der Waals surface area contributed by atoms with Crippen LogP contribution in [0.15, 0.2) is 23.1 Å². The van der Waals surface area contributed by atoms with Crippen LogP contribution in [0.25, 0.3) is 0 Å². The molecule has 0 aliphatic carbocycles. The molecule has 0 aliphatic rings. The van der Waals surface area contributed by atoms with Gasteiger partial charge in [0, 0.05) is 10.6 Å². The van der Waals surface area contributed by atoms with E-state index >= 15 is 0 Å². The Bertz CT molecular complexity index is 342. The van der Waals surface area contributed by atoms with Crippen LogP contribution in [0.1, 0.15) is 10.4 Å². The molecule has 0 radical (unpaired) electrons. The smallest absolute Gasteiger partial charge is 0.250 e. The molecule has 0 fully saturated rings. The Morgan fingerprint density at radius 1 is 1.50 bits per heavy atom. The molecule has 0 saturated carbocycles. The topological polar surface area (TPSA) is 89.3 Å². The fourth-order valence-electron chi connectivity index (χ4n) is 1.04. The molecule has 1 aromatic carbocycles. The second kappa shape index (κ2) is 4.88. The molecule has 1 aromatic rings. The van der Waals surface area contributed by atoms with Crippen LogP contribution >= 0.6 is 11.8 Å². The molecule has 0 aliphatic heterocycles. The molecule has 0 heterocycles. The number of primary amides is 1. The van der Waals surface area contributed by atoms with Gasteiger partial charge in [-0.25, -0.2) is 0 Å². The number of carbonyl (C=O) groups excluding carboxylic acids is 1. The van der Waals surface area contributed by atoms with E-state index < -0.39 is 5.91 Å². The number of anilines is 1. The summed E-state index contributed by atoms with van der Waals surface area (Å²) in [7, 11) is 0. The third-order valence-corrected chi connectivity index (χ3v) is 2.73. The SMILES string of the molecule is NC(=O)c1cccc(SCCO)c1N. The molecule has 0 spiro atoms. The molecule has 0 saturated heterocycles. The molecule has 0 atom stereocenters. The summed E-state index contributed by atoms with van der Waals surface area (Å²) in [6.07, 6.45) is 0. The zero-order chi connectivity index (χ0) is 10.6. The average Bonchev–Trinajstić information content (AvgIpc) is 2.16. The fourth-order valence-corrected chi connectivity index (χ4v) is 1.79. The minimum Gasteiger partial charge on any atom is -0.397 e. The first-order valence-electron chi connectivity index (χ1n) is 4.08. The summed E-state index contributed by atoms with van der Waals surface area (Å²) in [6, 6.07) is 5.10. The van der Waals surface area contributed by atoms with E-state index in [0.717, 1.165) is 4.90 Å². The highest BCUT2D eigenvalue weighted by molar-refractivity contribution is 7.99. The number of thioether (sulfide) groups is 1. The van der Waals surface area contributed by atoms with E-state index in [4.69, 9.17) is 16.6 Å². The molecule has 0 bridgehead atoms. The lowest BCUT2D eigenvalue weighted by molar-refractivity contribution is 0.100. The van der Waals surface area contributed by atoms with Crippen LogP contribution in [-0.2, 0) is 0 Å². The molecule has 0 aromatic heterocycles. The molecule has 4 nitrogen and oxygen atoms in total. The summed E-state index contributed by atoms with van der Waals surface area (Å²) in [5.41, 5.74) is 11.6. The number of hydrogen-bond donors (Lipinski definition) is 3. The molecular weight excluding hydrogens is 200 g/mol. The predicted octanol–water partition coefficient (Wildman–Crippen LogP) is 0.452. The van der Waals surface area contributed by atoms with Crippen molar-refractivity contribution in [1.82, 2.24) is 0 Å². The summed E-state index contributed by atoms with van der Waals surface area (Å²) < 4.78 is 0. The Balaban J connectivity index is 2.95. The Labute approximate surface area is 86.3 Å². The van der Waals surface area contributed by atoms with Crippen LogP contribution in [-0.4, -0.2) is 23.4 Å². The van der Waals surface area contributed by atoms with E-state index in [9.17, 15) is 4.79 Å². The number of rotatable bonds is 4. The normalized spacial score (nSPS) is 10.1. The Kier molecular flexibility index (Phi) is 3.79. The molecule has 5 heteroatoms. The lowest BCUT2D eigenvalue weighted by atomic mass is 10.2. The second-order valence-electron chi connectivity index (χ2n) is 2.65. The van der Waals surface area contributed by atoms with E-state index in [1.807, 2.05) is 0 Å². The number of nitrogens with two attached hydrogens (primary N) is 2. The van der Waals surface area contributed by atoms with Crippen LogP contribution in [0.3, 0.4) is 0 Å².